The van der Waals surface area contributed by atoms with Crippen LogP contribution in [0.15, 0.2) is 18.2 Å². The van der Waals surface area contributed by atoms with Crippen molar-refractivity contribution >= 4 is 11.6 Å². The number of amides is 1. The summed E-state index contributed by atoms with van der Waals surface area (Å²) in [5.41, 5.74) is 14.7. The number of fused-ring (bicyclic) bond motifs is 1. The number of benzene rings is 1. The summed E-state index contributed by atoms with van der Waals surface area (Å²) in [7, 11) is 0. The van der Waals surface area contributed by atoms with E-state index in [1.54, 1.807) is 0 Å². The van der Waals surface area contributed by atoms with Crippen LogP contribution in [0.25, 0.3) is 0 Å². The molecule has 0 bridgehead atoms. The molecule has 0 aromatic heterocycles. The average Bonchev–Trinajstić information content (AvgIpc) is 2.41. The summed E-state index contributed by atoms with van der Waals surface area (Å²) >= 11 is 0. The van der Waals surface area contributed by atoms with E-state index >= 15 is 0 Å². The van der Waals surface area contributed by atoms with E-state index in [-0.39, 0.29) is 5.91 Å². The SMILES string of the molecule is CC(CN)CN1C(=O)CCc2cc(CN)ccc21. The molecule has 0 saturated carbocycles. The van der Waals surface area contributed by atoms with Crippen LogP contribution in [0.1, 0.15) is 24.5 Å². The van der Waals surface area contributed by atoms with Gasteiger partial charge in [0, 0.05) is 25.2 Å². The topological polar surface area (TPSA) is 72.3 Å². The lowest BCUT2D eigenvalue weighted by Crippen LogP contribution is -2.39. The molecule has 0 aliphatic carbocycles. The van der Waals surface area contributed by atoms with Crippen molar-refractivity contribution in [2.24, 2.45) is 17.4 Å². The van der Waals surface area contributed by atoms with E-state index in [0.29, 0.717) is 32.0 Å². The van der Waals surface area contributed by atoms with Gasteiger partial charge in [0.2, 0.25) is 5.91 Å². The second-order valence-corrected chi connectivity index (χ2v) is 5.01. The Morgan fingerprint density at radius 3 is 2.78 bits per heavy atom. The second kappa shape index (κ2) is 5.50. The highest BCUT2D eigenvalue weighted by molar-refractivity contribution is 5.96. The fourth-order valence-corrected chi connectivity index (χ4v) is 2.33. The molecule has 1 unspecified atom stereocenters. The van der Waals surface area contributed by atoms with Gasteiger partial charge in [-0.25, -0.2) is 0 Å². The van der Waals surface area contributed by atoms with E-state index < -0.39 is 0 Å². The number of hydrogen-bond acceptors (Lipinski definition) is 3. The first-order chi connectivity index (χ1) is 8.65. The lowest BCUT2D eigenvalue weighted by Gasteiger charge is -2.31. The van der Waals surface area contributed by atoms with Crippen LogP contribution in [0.5, 0.6) is 0 Å². The van der Waals surface area contributed by atoms with Gasteiger partial charge >= 0.3 is 0 Å². The van der Waals surface area contributed by atoms with Crippen LogP contribution in [0.4, 0.5) is 5.69 Å². The molecule has 1 heterocycles. The summed E-state index contributed by atoms with van der Waals surface area (Å²) in [6.07, 6.45) is 1.40. The van der Waals surface area contributed by atoms with Gasteiger partial charge in [-0.3, -0.25) is 4.79 Å². The van der Waals surface area contributed by atoms with Gasteiger partial charge in [-0.1, -0.05) is 19.1 Å². The third kappa shape index (κ3) is 2.54. The normalized spacial score (nSPS) is 16.6. The Morgan fingerprint density at radius 1 is 1.33 bits per heavy atom. The quantitative estimate of drug-likeness (QED) is 0.834. The summed E-state index contributed by atoms with van der Waals surface area (Å²) in [5, 5.41) is 0. The zero-order valence-corrected chi connectivity index (χ0v) is 10.9. The highest BCUT2D eigenvalue weighted by atomic mass is 16.2. The molecule has 0 spiro atoms. The van der Waals surface area contributed by atoms with E-state index in [4.69, 9.17) is 11.5 Å². The predicted molar refractivity (Wildman–Crippen MR) is 73.2 cm³/mol. The van der Waals surface area contributed by atoms with Gasteiger partial charge in [0.15, 0.2) is 0 Å². The number of rotatable bonds is 4. The number of anilines is 1. The number of carbonyl (C=O) groups is 1. The third-order valence-corrected chi connectivity index (χ3v) is 3.48. The first-order valence-corrected chi connectivity index (χ1v) is 6.48. The highest BCUT2D eigenvalue weighted by Crippen LogP contribution is 2.29. The van der Waals surface area contributed by atoms with Crippen molar-refractivity contribution in [3.05, 3.63) is 29.3 Å². The Balaban J connectivity index is 2.29. The number of carbonyl (C=O) groups excluding carboxylic acids is 1. The van der Waals surface area contributed by atoms with Crippen LogP contribution in [-0.2, 0) is 17.8 Å². The Labute approximate surface area is 108 Å². The molecule has 98 valence electrons. The first-order valence-electron chi connectivity index (χ1n) is 6.48. The fraction of sp³-hybridized carbons (Fsp3) is 0.500. The monoisotopic (exact) mass is 247 g/mol. The summed E-state index contributed by atoms with van der Waals surface area (Å²) in [6.45, 7) is 3.90. The zero-order chi connectivity index (χ0) is 13.1. The predicted octanol–water partition coefficient (Wildman–Crippen LogP) is 1.02. The van der Waals surface area contributed by atoms with Crippen LogP contribution in [0, 0.1) is 5.92 Å². The van der Waals surface area contributed by atoms with Gasteiger partial charge in [-0.05, 0) is 36.1 Å². The van der Waals surface area contributed by atoms with E-state index in [1.165, 1.54) is 5.56 Å². The number of hydrogen-bond donors (Lipinski definition) is 2. The number of aryl methyl sites for hydroxylation is 1. The van der Waals surface area contributed by atoms with E-state index in [9.17, 15) is 4.79 Å². The van der Waals surface area contributed by atoms with Crippen LogP contribution in [-0.4, -0.2) is 19.0 Å². The molecule has 1 aromatic rings. The highest BCUT2D eigenvalue weighted by Gasteiger charge is 2.25. The Kier molecular flexibility index (Phi) is 3.99. The molecule has 4 N–H and O–H groups in total. The molecule has 1 aliphatic rings. The average molecular weight is 247 g/mol. The maximum Gasteiger partial charge on any atom is 0.227 e. The molecule has 1 amide bonds. The molecule has 4 heteroatoms. The molecular formula is C14H21N3O. The van der Waals surface area contributed by atoms with Gasteiger partial charge in [-0.2, -0.15) is 0 Å². The van der Waals surface area contributed by atoms with E-state index in [1.807, 2.05) is 17.0 Å². The molecule has 1 aromatic carbocycles. The minimum Gasteiger partial charge on any atom is -0.330 e. The number of nitrogens with zero attached hydrogens (tertiary/aromatic N) is 1. The molecule has 18 heavy (non-hydrogen) atoms. The second-order valence-electron chi connectivity index (χ2n) is 5.01. The van der Waals surface area contributed by atoms with Crippen LogP contribution >= 0.6 is 0 Å². The summed E-state index contributed by atoms with van der Waals surface area (Å²) in [6, 6.07) is 6.12. The van der Waals surface area contributed by atoms with E-state index in [0.717, 1.165) is 17.7 Å². The largest absolute Gasteiger partial charge is 0.330 e. The number of nitrogens with two attached hydrogens (primary N) is 2. The van der Waals surface area contributed by atoms with Gasteiger partial charge in [0.1, 0.15) is 0 Å². The molecule has 1 atom stereocenters. The van der Waals surface area contributed by atoms with Crippen molar-refractivity contribution in [3.8, 4) is 0 Å². The minimum atomic E-state index is 0.197. The minimum absolute atomic E-state index is 0.197. The van der Waals surface area contributed by atoms with Crippen LogP contribution in [0.2, 0.25) is 0 Å². The Hall–Kier alpha value is -1.39. The van der Waals surface area contributed by atoms with Crippen molar-refractivity contribution in [2.75, 3.05) is 18.0 Å². The van der Waals surface area contributed by atoms with Crippen molar-refractivity contribution in [1.82, 2.24) is 0 Å². The Morgan fingerprint density at radius 2 is 2.11 bits per heavy atom. The van der Waals surface area contributed by atoms with Gasteiger partial charge < -0.3 is 16.4 Å². The summed E-state index contributed by atoms with van der Waals surface area (Å²) in [4.78, 5) is 13.9. The van der Waals surface area contributed by atoms with Crippen molar-refractivity contribution in [1.29, 1.82) is 0 Å². The molecular weight excluding hydrogens is 226 g/mol. The van der Waals surface area contributed by atoms with Crippen molar-refractivity contribution < 1.29 is 4.79 Å². The van der Waals surface area contributed by atoms with Gasteiger partial charge in [0.05, 0.1) is 0 Å². The zero-order valence-electron chi connectivity index (χ0n) is 10.9. The smallest absolute Gasteiger partial charge is 0.227 e. The lowest BCUT2D eigenvalue weighted by atomic mass is 9.97. The van der Waals surface area contributed by atoms with Crippen molar-refractivity contribution in [2.45, 2.75) is 26.3 Å². The van der Waals surface area contributed by atoms with Crippen LogP contribution in [0.3, 0.4) is 0 Å². The molecule has 4 nitrogen and oxygen atoms in total. The van der Waals surface area contributed by atoms with Crippen molar-refractivity contribution in [3.63, 3.8) is 0 Å². The molecule has 0 radical (unpaired) electrons. The summed E-state index contributed by atoms with van der Waals surface area (Å²) < 4.78 is 0. The molecule has 2 rings (SSSR count). The maximum absolute atomic E-state index is 12.0. The standard InChI is InChI=1S/C14H21N3O/c1-10(7-15)9-17-13-4-2-11(8-16)6-12(13)3-5-14(17)18/h2,4,6,10H,3,5,7-9,15-16H2,1H3. The third-order valence-electron chi connectivity index (χ3n) is 3.48. The molecule has 0 saturated heterocycles. The van der Waals surface area contributed by atoms with Gasteiger partial charge in [0.25, 0.3) is 0 Å². The lowest BCUT2D eigenvalue weighted by molar-refractivity contribution is -0.119. The maximum atomic E-state index is 12.0. The van der Waals surface area contributed by atoms with Crippen LogP contribution < -0.4 is 16.4 Å². The Bertz CT molecular complexity index is 445. The van der Waals surface area contributed by atoms with Gasteiger partial charge in [-0.15, -0.1) is 0 Å². The molecule has 1 aliphatic heterocycles. The van der Waals surface area contributed by atoms with E-state index in [2.05, 4.69) is 13.0 Å². The fourth-order valence-electron chi connectivity index (χ4n) is 2.33. The molecule has 0 fully saturated rings. The first kappa shape index (κ1) is 13.1. The summed E-state index contributed by atoms with van der Waals surface area (Å²) in [5.74, 6) is 0.511.